The molecule has 0 amide bonds. The Morgan fingerprint density at radius 3 is 2.55 bits per heavy atom. The van der Waals surface area contributed by atoms with Gasteiger partial charge in [0, 0.05) is 6.54 Å². The molecule has 0 atom stereocenters. The highest BCUT2D eigenvalue weighted by molar-refractivity contribution is 5.72. The van der Waals surface area contributed by atoms with Crippen LogP contribution in [0.25, 0.3) is 11.1 Å². The molecule has 0 aromatic heterocycles. The third kappa shape index (κ3) is 2.51. The summed E-state index contributed by atoms with van der Waals surface area (Å²) in [5.41, 5.74) is 7.12. The Kier molecular flexibility index (Phi) is 3.88. The number of rotatable bonds is 4. The first-order chi connectivity index (χ1) is 9.79. The van der Waals surface area contributed by atoms with Gasteiger partial charge in [-0.15, -0.1) is 0 Å². The van der Waals surface area contributed by atoms with Gasteiger partial charge in [-0.2, -0.15) is 0 Å². The van der Waals surface area contributed by atoms with Crippen LogP contribution in [0.3, 0.4) is 0 Å². The summed E-state index contributed by atoms with van der Waals surface area (Å²) in [5.74, 6) is 0.776. The van der Waals surface area contributed by atoms with Crippen LogP contribution < -0.4 is 5.32 Å². The topological polar surface area (TPSA) is 12.0 Å². The minimum atomic E-state index is 0.776. The van der Waals surface area contributed by atoms with E-state index in [-0.39, 0.29) is 0 Å². The highest BCUT2D eigenvalue weighted by Gasteiger charge is 2.22. The van der Waals surface area contributed by atoms with E-state index < -0.39 is 0 Å². The standard InChI is InChI=1S/C19H23N/c1-14-10-11-15(13-20-2)12-19(14)18-9-4-3-8-17(18)16-6-5-7-16/h3-4,8-12,16,20H,5-7,13H2,1-2H3. The molecular weight excluding hydrogens is 242 g/mol. The lowest BCUT2D eigenvalue weighted by atomic mass is 9.77. The fourth-order valence-corrected chi connectivity index (χ4v) is 3.09. The van der Waals surface area contributed by atoms with Gasteiger partial charge in [-0.25, -0.2) is 0 Å². The molecule has 0 bridgehead atoms. The molecule has 0 unspecified atom stereocenters. The SMILES string of the molecule is CNCc1ccc(C)c(-c2ccccc2C2CCC2)c1. The van der Waals surface area contributed by atoms with Gasteiger partial charge in [-0.05, 0) is 66.6 Å². The molecule has 1 aliphatic carbocycles. The van der Waals surface area contributed by atoms with Crippen molar-refractivity contribution in [2.75, 3.05) is 7.05 Å². The zero-order valence-corrected chi connectivity index (χ0v) is 12.4. The molecule has 2 aromatic carbocycles. The first-order valence-electron chi connectivity index (χ1n) is 7.63. The second kappa shape index (κ2) is 5.80. The van der Waals surface area contributed by atoms with Crippen LogP contribution in [-0.4, -0.2) is 7.05 Å². The Bertz CT molecular complexity index is 596. The molecule has 0 spiro atoms. The summed E-state index contributed by atoms with van der Waals surface area (Å²) in [6, 6.07) is 15.8. The Hall–Kier alpha value is -1.60. The van der Waals surface area contributed by atoms with E-state index in [1.807, 2.05) is 7.05 Å². The molecule has 104 valence electrons. The smallest absolute Gasteiger partial charge is 0.0202 e. The van der Waals surface area contributed by atoms with Gasteiger partial charge in [0.05, 0.1) is 0 Å². The highest BCUT2D eigenvalue weighted by Crippen LogP contribution is 2.41. The fraction of sp³-hybridized carbons (Fsp3) is 0.368. The number of hydrogen-bond acceptors (Lipinski definition) is 1. The zero-order valence-electron chi connectivity index (χ0n) is 12.4. The number of hydrogen-bond donors (Lipinski definition) is 1. The van der Waals surface area contributed by atoms with Gasteiger partial charge in [-0.1, -0.05) is 42.8 Å². The van der Waals surface area contributed by atoms with Crippen LogP contribution in [0.1, 0.15) is 41.9 Å². The molecule has 20 heavy (non-hydrogen) atoms. The van der Waals surface area contributed by atoms with Crippen molar-refractivity contribution in [3.63, 3.8) is 0 Å². The number of benzene rings is 2. The van der Waals surface area contributed by atoms with E-state index in [1.165, 1.54) is 41.5 Å². The molecule has 2 aromatic rings. The molecule has 1 fully saturated rings. The van der Waals surface area contributed by atoms with Crippen molar-refractivity contribution in [2.24, 2.45) is 0 Å². The van der Waals surface area contributed by atoms with E-state index in [0.717, 1.165) is 12.5 Å². The average Bonchev–Trinajstić information content (AvgIpc) is 2.40. The van der Waals surface area contributed by atoms with E-state index in [1.54, 1.807) is 5.56 Å². The Labute approximate surface area is 122 Å². The summed E-state index contributed by atoms with van der Waals surface area (Å²) < 4.78 is 0. The predicted octanol–water partition coefficient (Wildman–Crippen LogP) is 4.65. The van der Waals surface area contributed by atoms with Crippen LogP contribution in [-0.2, 0) is 6.54 Å². The van der Waals surface area contributed by atoms with Crippen molar-refractivity contribution in [2.45, 2.75) is 38.6 Å². The van der Waals surface area contributed by atoms with Crippen LogP contribution in [0.4, 0.5) is 0 Å². The molecule has 1 N–H and O–H groups in total. The molecule has 0 radical (unpaired) electrons. The lowest BCUT2D eigenvalue weighted by molar-refractivity contribution is 0.420. The van der Waals surface area contributed by atoms with Gasteiger partial charge in [0.1, 0.15) is 0 Å². The van der Waals surface area contributed by atoms with Crippen molar-refractivity contribution in [1.29, 1.82) is 0 Å². The lowest BCUT2D eigenvalue weighted by Gasteiger charge is -2.28. The fourth-order valence-electron chi connectivity index (χ4n) is 3.09. The third-order valence-electron chi connectivity index (χ3n) is 4.48. The van der Waals surface area contributed by atoms with Crippen LogP contribution in [0.15, 0.2) is 42.5 Å². The van der Waals surface area contributed by atoms with Gasteiger partial charge in [0.25, 0.3) is 0 Å². The van der Waals surface area contributed by atoms with Crippen molar-refractivity contribution in [3.8, 4) is 11.1 Å². The van der Waals surface area contributed by atoms with E-state index in [2.05, 4.69) is 54.7 Å². The quantitative estimate of drug-likeness (QED) is 0.848. The molecule has 0 saturated heterocycles. The minimum absolute atomic E-state index is 0.776. The van der Waals surface area contributed by atoms with Gasteiger partial charge in [0.2, 0.25) is 0 Å². The first-order valence-corrected chi connectivity index (χ1v) is 7.63. The van der Waals surface area contributed by atoms with Gasteiger partial charge in [-0.3, -0.25) is 0 Å². The summed E-state index contributed by atoms with van der Waals surface area (Å²) in [4.78, 5) is 0. The van der Waals surface area contributed by atoms with Crippen molar-refractivity contribution < 1.29 is 0 Å². The Balaban J connectivity index is 2.05. The maximum absolute atomic E-state index is 3.24. The summed E-state index contributed by atoms with van der Waals surface area (Å²) in [6.07, 6.45) is 4.09. The molecule has 0 heterocycles. The van der Waals surface area contributed by atoms with Crippen molar-refractivity contribution in [1.82, 2.24) is 5.32 Å². The predicted molar refractivity (Wildman–Crippen MR) is 86.0 cm³/mol. The third-order valence-corrected chi connectivity index (χ3v) is 4.48. The minimum Gasteiger partial charge on any atom is -0.316 e. The molecule has 1 heteroatoms. The monoisotopic (exact) mass is 265 g/mol. The summed E-state index contributed by atoms with van der Waals surface area (Å²) in [7, 11) is 2.00. The maximum Gasteiger partial charge on any atom is 0.0202 e. The van der Waals surface area contributed by atoms with Gasteiger partial charge >= 0.3 is 0 Å². The van der Waals surface area contributed by atoms with Gasteiger partial charge < -0.3 is 5.32 Å². The van der Waals surface area contributed by atoms with Crippen LogP contribution in [0.2, 0.25) is 0 Å². The van der Waals surface area contributed by atoms with Gasteiger partial charge in [0.15, 0.2) is 0 Å². The molecule has 3 rings (SSSR count). The Morgan fingerprint density at radius 2 is 1.85 bits per heavy atom. The number of nitrogens with one attached hydrogen (secondary N) is 1. The molecule has 1 aliphatic rings. The summed E-state index contributed by atoms with van der Waals surface area (Å²) in [5, 5.41) is 3.24. The van der Waals surface area contributed by atoms with Crippen molar-refractivity contribution in [3.05, 3.63) is 59.2 Å². The normalized spacial score (nSPS) is 15.1. The van der Waals surface area contributed by atoms with Crippen LogP contribution in [0.5, 0.6) is 0 Å². The molecular formula is C19H23N. The average molecular weight is 265 g/mol. The molecule has 1 nitrogen and oxygen atoms in total. The summed E-state index contributed by atoms with van der Waals surface area (Å²) in [6.45, 7) is 3.15. The molecule has 0 aliphatic heterocycles. The van der Waals surface area contributed by atoms with E-state index in [0.29, 0.717) is 0 Å². The second-order valence-electron chi connectivity index (χ2n) is 5.89. The second-order valence-corrected chi connectivity index (χ2v) is 5.89. The van der Waals surface area contributed by atoms with E-state index in [9.17, 15) is 0 Å². The van der Waals surface area contributed by atoms with Crippen LogP contribution in [0, 0.1) is 6.92 Å². The zero-order chi connectivity index (χ0) is 13.9. The number of aryl methyl sites for hydroxylation is 1. The highest BCUT2D eigenvalue weighted by atomic mass is 14.8. The largest absolute Gasteiger partial charge is 0.316 e. The molecule has 1 saturated carbocycles. The Morgan fingerprint density at radius 1 is 1.05 bits per heavy atom. The van der Waals surface area contributed by atoms with Crippen LogP contribution >= 0.6 is 0 Å². The first kappa shape index (κ1) is 13.4. The van der Waals surface area contributed by atoms with E-state index >= 15 is 0 Å². The van der Waals surface area contributed by atoms with E-state index in [4.69, 9.17) is 0 Å². The lowest BCUT2D eigenvalue weighted by Crippen LogP contribution is -2.10. The summed E-state index contributed by atoms with van der Waals surface area (Å²) >= 11 is 0. The maximum atomic E-state index is 3.24. The van der Waals surface area contributed by atoms with Crippen molar-refractivity contribution >= 4 is 0 Å².